The highest BCUT2D eigenvalue weighted by atomic mass is 32.1. The number of thiophene rings is 1. The monoisotopic (exact) mass is 654 g/mol. The molecule has 10 nitrogen and oxygen atoms in total. The van der Waals surface area contributed by atoms with E-state index in [2.05, 4.69) is 17.2 Å². The van der Waals surface area contributed by atoms with Gasteiger partial charge in [-0.25, -0.2) is 4.39 Å². The van der Waals surface area contributed by atoms with Crippen LogP contribution in [0.5, 0.6) is 0 Å². The number of carbonyl (C=O) groups excluding carboxylic acids is 3. The fourth-order valence-corrected chi connectivity index (χ4v) is 9.06. The summed E-state index contributed by atoms with van der Waals surface area (Å²) in [5.74, 6) is -2.04. The Morgan fingerprint density at radius 1 is 1.13 bits per heavy atom. The number of fused-ring (bicyclic) bond motifs is 3. The second kappa shape index (κ2) is 11.6. The molecule has 0 spiro atoms. The molecule has 13 heteroatoms. The van der Waals surface area contributed by atoms with E-state index < -0.39 is 31.5 Å². The van der Waals surface area contributed by atoms with Gasteiger partial charge < -0.3 is 24.9 Å². The molecule has 5 heterocycles. The van der Waals surface area contributed by atoms with Crippen molar-refractivity contribution in [1.82, 2.24) is 20.1 Å². The summed E-state index contributed by atoms with van der Waals surface area (Å²) in [5.41, 5.74) is 2.26. The van der Waals surface area contributed by atoms with Crippen LogP contribution in [-0.2, 0) is 20.6 Å². The molecule has 3 aliphatic heterocycles. The smallest absolute Gasteiger partial charge is 0.340 e. The number of likely N-dealkylation sites (tertiary alicyclic amines) is 1. The first-order valence-electron chi connectivity index (χ1n) is 15.6. The highest BCUT2D eigenvalue weighted by Gasteiger charge is 2.52. The maximum Gasteiger partial charge on any atom is 0.363 e. The Labute approximate surface area is 264 Å². The minimum atomic E-state index is -4.97. The summed E-state index contributed by atoms with van der Waals surface area (Å²) < 4.78 is 26.4. The van der Waals surface area contributed by atoms with E-state index in [1.165, 1.54) is 40.7 Å². The number of aryl methyl sites for hydroxylation is 1. The number of halogens is 1. The third kappa shape index (κ3) is 5.71. The van der Waals surface area contributed by atoms with Crippen molar-refractivity contribution in [2.45, 2.75) is 75.4 Å². The first-order chi connectivity index (χ1) is 21.5. The molecule has 4 fully saturated rings. The minimum absolute atomic E-state index is 0.0198. The summed E-state index contributed by atoms with van der Waals surface area (Å²) in [6, 6.07) is 6.44. The Bertz CT molecular complexity index is 1720. The minimum Gasteiger partial charge on any atom is -0.340 e. The fraction of sp³-hybridized carbons (Fsp3) is 0.500. The topological polar surface area (TPSA) is 140 Å². The van der Waals surface area contributed by atoms with Gasteiger partial charge in [0, 0.05) is 42.1 Å². The molecule has 1 aromatic carbocycles. The fourth-order valence-electron chi connectivity index (χ4n) is 7.57. The molecule has 2 aromatic heterocycles. The average Bonchev–Trinajstić information content (AvgIpc) is 3.35. The van der Waals surface area contributed by atoms with Crippen LogP contribution in [0.2, 0.25) is 0 Å². The van der Waals surface area contributed by atoms with E-state index in [1.54, 1.807) is 17.2 Å². The molecule has 7 rings (SSSR count). The number of nitrogens with one attached hydrogen (secondary N) is 1. The van der Waals surface area contributed by atoms with Crippen LogP contribution in [0.1, 0.15) is 77.2 Å². The number of benzene rings is 1. The number of pyridine rings is 1. The van der Waals surface area contributed by atoms with Gasteiger partial charge in [-0.1, -0.05) is 13.0 Å². The highest BCUT2D eigenvalue weighted by molar-refractivity contribution is 7.51. The maximum absolute atomic E-state index is 14.3. The number of amides is 3. The summed E-state index contributed by atoms with van der Waals surface area (Å²) >= 11 is 1.17. The SMILES string of the molecule is CCc1ccncc1C1CN(C(=O)[C@@H]2CC[C@@H]3C[C@@H]4C[C@@H]4C[C@H](NC(=O)c4cc5cc([C@@H](F)P(=O)(O)O)ccc5s4)C(=O)N32)C1. The summed E-state index contributed by atoms with van der Waals surface area (Å²) in [6.45, 7) is 3.33. The summed E-state index contributed by atoms with van der Waals surface area (Å²) in [4.78, 5) is 68.1. The molecular weight excluding hydrogens is 618 g/mol. The molecule has 3 N–H and O–H groups in total. The Hall–Kier alpha value is -3.18. The van der Waals surface area contributed by atoms with Gasteiger partial charge in [-0.3, -0.25) is 23.9 Å². The molecule has 3 amide bonds. The van der Waals surface area contributed by atoms with Crippen molar-refractivity contribution >= 4 is 46.7 Å². The molecule has 0 radical (unpaired) electrons. The first-order valence-corrected chi connectivity index (χ1v) is 18.1. The van der Waals surface area contributed by atoms with E-state index in [-0.39, 0.29) is 29.3 Å². The first kappa shape index (κ1) is 30.5. The van der Waals surface area contributed by atoms with Gasteiger partial charge in [0.2, 0.25) is 17.7 Å². The number of rotatable bonds is 7. The lowest BCUT2D eigenvalue weighted by Gasteiger charge is -2.43. The Kier molecular flexibility index (Phi) is 7.83. The molecule has 4 aliphatic rings. The van der Waals surface area contributed by atoms with Crippen LogP contribution in [0.4, 0.5) is 4.39 Å². The summed E-state index contributed by atoms with van der Waals surface area (Å²) in [5, 5.41) is 3.44. The second-order valence-electron chi connectivity index (χ2n) is 12.9. The Morgan fingerprint density at radius 2 is 1.91 bits per heavy atom. The van der Waals surface area contributed by atoms with E-state index in [4.69, 9.17) is 0 Å². The zero-order chi connectivity index (χ0) is 31.6. The largest absolute Gasteiger partial charge is 0.363 e. The second-order valence-corrected chi connectivity index (χ2v) is 15.7. The molecule has 3 aromatic rings. The van der Waals surface area contributed by atoms with Crippen molar-refractivity contribution in [3.8, 4) is 0 Å². The lowest BCUT2D eigenvalue weighted by molar-refractivity contribution is -0.149. The zero-order valence-electron chi connectivity index (χ0n) is 24.8. The standard InChI is InChI=1S/C32H36FN4O6PS/c1-2-17-7-8-34-14-24(17)22-15-36(16-22)32(40)26-5-4-23-11-19-10-20(19)12-25(31(39)37(23)26)35-30(38)28-13-21-9-18(3-6-27(21)45-28)29(33)44(41,42)43/h3,6-9,13-14,19-20,22-23,25-26,29H,2,4-5,10-12,15-16H2,1H3,(H,35,38)(H2,41,42,43)/t19-,20+,23+,25-,26-,29-/m0/s1. The van der Waals surface area contributed by atoms with Crippen LogP contribution in [0.15, 0.2) is 42.7 Å². The normalized spacial score (nSPS) is 27.3. The molecule has 45 heavy (non-hydrogen) atoms. The van der Waals surface area contributed by atoms with Gasteiger partial charge in [0.05, 0.1) is 4.88 Å². The van der Waals surface area contributed by atoms with Gasteiger partial charge in [-0.2, -0.15) is 0 Å². The van der Waals surface area contributed by atoms with E-state index in [0.717, 1.165) is 25.7 Å². The molecule has 1 saturated carbocycles. The van der Waals surface area contributed by atoms with Crippen molar-refractivity contribution < 1.29 is 33.1 Å². The zero-order valence-corrected chi connectivity index (χ0v) is 26.6. The molecule has 3 saturated heterocycles. The van der Waals surface area contributed by atoms with E-state index >= 15 is 0 Å². The molecular formula is C32H36FN4O6PS. The maximum atomic E-state index is 14.3. The van der Waals surface area contributed by atoms with Gasteiger partial charge in [-0.05, 0) is 96.7 Å². The van der Waals surface area contributed by atoms with E-state index in [0.29, 0.717) is 52.7 Å². The van der Waals surface area contributed by atoms with Crippen LogP contribution in [0, 0.1) is 11.8 Å². The number of alkyl halides is 1. The van der Waals surface area contributed by atoms with Gasteiger partial charge in [0.25, 0.3) is 5.91 Å². The third-order valence-electron chi connectivity index (χ3n) is 10.1. The van der Waals surface area contributed by atoms with Crippen LogP contribution in [0.25, 0.3) is 10.1 Å². The molecule has 0 unspecified atom stereocenters. The third-order valence-corrected chi connectivity index (χ3v) is 12.1. The summed E-state index contributed by atoms with van der Waals surface area (Å²) in [7, 11) is -4.97. The lowest BCUT2D eigenvalue weighted by Crippen LogP contribution is -2.59. The van der Waals surface area contributed by atoms with Crippen molar-refractivity contribution in [2.75, 3.05) is 13.1 Å². The number of hydrogen-bond donors (Lipinski definition) is 3. The molecule has 238 valence electrons. The lowest BCUT2D eigenvalue weighted by atomic mass is 9.88. The van der Waals surface area contributed by atoms with Crippen LogP contribution in [-0.4, -0.2) is 73.5 Å². The van der Waals surface area contributed by atoms with Crippen LogP contribution >= 0.6 is 18.9 Å². The van der Waals surface area contributed by atoms with Crippen molar-refractivity contribution in [2.24, 2.45) is 11.8 Å². The number of hydrogen-bond acceptors (Lipinski definition) is 6. The predicted octanol–water partition coefficient (Wildman–Crippen LogP) is 4.52. The number of carbonyl (C=O) groups is 3. The average molecular weight is 655 g/mol. The van der Waals surface area contributed by atoms with E-state index in [9.17, 15) is 33.1 Å². The van der Waals surface area contributed by atoms with Crippen molar-refractivity contribution in [1.29, 1.82) is 0 Å². The predicted molar refractivity (Wildman–Crippen MR) is 166 cm³/mol. The van der Waals surface area contributed by atoms with Crippen LogP contribution in [0.3, 0.4) is 0 Å². The van der Waals surface area contributed by atoms with Crippen molar-refractivity contribution in [3.63, 3.8) is 0 Å². The van der Waals surface area contributed by atoms with Crippen molar-refractivity contribution in [3.05, 3.63) is 64.3 Å². The summed E-state index contributed by atoms with van der Waals surface area (Å²) in [6.07, 6.45) is 8.41. The van der Waals surface area contributed by atoms with Gasteiger partial charge in [-0.15, -0.1) is 11.3 Å². The Morgan fingerprint density at radius 3 is 2.67 bits per heavy atom. The van der Waals surface area contributed by atoms with Gasteiger partial charge in [0.15, 0.2) is 0 Å². The Balaban J connectivity index is 1.07. The molecule has 1 aliphatic carbocycles. The number of aromatic nitrogens is 1. The van der Waals surface area contributed by atoms with Crippen LogP contribution < -0.4 is 5.32 Å². The van der Waals surface area contributed by atoms with Gasteiger partial charge in [0.1, 0.15) is 12.1 Å². The number of nitrogens with zero attached hydrogens (tertiary/aromatic N) is 3. The van der Waals surface area contributed by atoms with Gasteiger partial charge >= 0.3 is 7.60 Å². The molecule has 0 bridgehead atoms. The van der Waals surface area contributed by atoms with E-state index in [1.807, 2.05) is 17.2 Å². The molecule has 6 atom stereocenters. The quantitative estimate of drug-likeness (QED) is 0.319. The highest BCUT2D eigenvalue weighted by Crippen LogP contribution is 2.53.